The van der Waals surface area contributed by atoms with Gasteiger partial charge in [-0.2, -0.15) is 0 Å². The fourth-order valence-electron chi connectivity index (χ4n) is 2.38. The molecule has 2 aromatic rings. The van der Waals surface area contributed by atoms with Crippen LogP contribution in [-0.4, -0.2) is 11.8 Å². The van der Waals surface area contributed by atoms with Crippen LogP contribution in [-0.2, 0) is 11.3 Å². The zero-order valence-electron chi connectivity index (χ0n) is 12.6. The highest BCUT2D eigenvalue weighted by molar-refractivity contribution is 7.09. The number of nitrogens with one attached hydrogen (secondary N) is 2. The van der Waals surface area contributed by atoms with Crippen molar-refractivity contribution in [2.24, 2.45) is 11.8 Å². The number of benzene rings is 1. The molecule has 1 aliphatic rings. The number of thiophene rings is 1. The number of halogens is 1. The fraction of sp³-hybridized carbons (Fsp3) is 0.294. The highest BCUT2D eigenvalue weighted by Gasteiger charge is 2.39. The van der Waals surface area contributed by atoms with Gasteiger partial charge in [-0.05, 0) is 42.0 Å². The molecule has 0 saturated heterocycles. The van der Waals surface area contributed by atoms with Gasteiger partial charge in [-0.3, -0.25) is 9.59 Å². The molecule has 2 atom stereocenters. The fourth-order valence-corrected chi connectivity index (χ4v) is 3.22. The number of rotatable bonds is 5. The summed E-state index contributed by atoms with van der Waals surface area (Å²) in [6.07, 6.45) is 0.924. The third-order valence-electron chi connectivity index (χ3n) is 3.93. The van der Waals surface area contributed by atoms with Gasteiger partial charge in [-0.25, -0.2) is 0 Å². The molecule has 1 aromatic carbocycles. The van der Waals surface area contributed by atoms with Gasteiger partial charge in [0, 0.05) is 16.5 Å². The van der Waals surface area contributed by atoms with Crippen LogP contribution in [0.5, 0.6) is 0 Å². The molecule has 0 unspecified atom stereocenters. The lowest BCUT2D eigenvalue weighted by Gasteiger charge is -2.09. The van der Waals surface area contributed by atoms with Crippen LogP contribution < -0.4 is 10.6 Å². The van der Waals surface area contributed by atoms with E-state index in [9.17, 15) is 9.59 Å². The van der Waals surface area contributed by atoms with E-state index in [1.807, 2.05) is 17.5 Å². The monoisotopic (exact) mass is 348 g/mol. The van der Waals surface area contributed by atoms with E-state index in [1.54, 1.807) is 29.5 Å². The van der Waals surface area contributed by atoms with Gasteiger partial charge >= 0.3 is 0 Å². The van der Waals surface area contributed by atoms with E-state index in [0.29, 0.717) is 28.7 Å². The summed E-state index contributed by atoms with van der Waals surface area (Å²) in [6.45, 7) is 2.51. The molecule has 1 saturated carbocycles. The molecule has 4 nitrogen and oxygen atoms in total. The SMILES string of the molecule is C[C@H]1C[C@@H]1C(=O)Nc1ccc(Cl)c(C(=O)NCc2cccs2)c1. The molecule has 1 aromatic heterocycles. The predicted molar refractivity (Wildman–Crippen MR) is 92.8 cm³/mol. The third-order valence-corrected chi connectivity index (χ3v) is 5.13. The van der Waals surface area contributed by atoms with Crippen LogP contribution in [0.25, 0.3) is 0 Å². The standard InChI is InChI=1S/C17H17ClN2O2S/c1-10-7-13(10)17(22)20-11-4-5-15(18)14(8-11)16(21)19-9-12-3-2-6-23-12/h2-6,8,10,13H,7,9H2,1H3,(H,19,21)(H,20,22)/t10-,13-/m0/s1. The Labute approximate surface area is 143 Å². The summed E-state index contributed by atoms with van der Waals surface area (Å²) in [4.78, 5) is 25.4. The minimum absolute atomic E-state index is 0.00441. The van der Waals surface area contributed by atoms with Crippen molar-refractivity contribution in [3.63, 3.8) is 0 Å². The number of hydrogen-bond donors (Lipinski definition) is 2. The summed E-state index contributed by atoms with van der Waals surface area (Å²) >= 11 is 7.70. The average Bonchev–Trinajstić information content (AvgIpc) is 3.05. The summed E-state index contributed by atoms with van der Waals surface area (Å²) in [5, 5.41) is 8.02. The second-order valence-corrected chi connectivity index (χ2v) is 7.20. The van der Waals surface area contributed by atoms with Crippen LogP contribution in [0.3, 0.4) is 0 Å². The normalized spacial score (nSPS) is 19.2. The Kier molecular flexibility index (Phi) is 4.68. The predicted octanol–water partition coefficient (Wildman–Crippen LogP) is 3.93. The molecule has 1 heterocycles. The van der Waals surface area contributed by atoms with Crippen LogP contribution >= 0.6 is 22.9 Å². The van der Waals surface area contributed by atoms with Crippen molar-refractivity contribution >= 4 is 40.4 Å². The Morgan fingerprint density at radius 1 is 1.35 bits per heavy atom. The quantitative estimate of drug-likeness (QED) is 0.860. The van der Waals surface area contributed by atoms with Gasteiger partial charge in [0.15, 0.2) is 0 Å². The lowest BCUT2D eigenvalue weighted by atomic mass is 10.1. The molecule has 3 rings (SSSR count). The van der Waals surface area contributed by atoms with Crippen molar-refractivity contribution in [1.29, 1.82) is 0 Å². The molecule has 2 N–H and O–H groups in total. The molecule has 0 radical (unpaired) electrons. The summed E-state index contributed by atoms with van der Waals surface area (Å²) in [5.74, 6) is 0.279. The van der Waals surface area contributed by atoms with Gasteiger partial charge in [0.05, 0.1) is 17.1 Å². The van der Waals surface area contributed by atoms with Gasteiger partial charge in [-0.1, -0.05) is 24.6 Å². The minimum Gasteiger partial charge on any atom is -0.347 e. The molecule has 0 spiro atoms. The second-order valence-electron chi connectivity index (χ2n) is 5.77. The Morgan fingerprint density at radius 2 is 2.13 bits per heavy atom. The van der Waals surface area contributed by atoms with Gasteiger partial charge in [-0.15, -0.1) is 11.3 Å². The number of amides is 2. The Balaban J connectivity index is 1.67. The maximum atomic E-state index is 12.3. The molecule has 1 fully saturated rings. The van der Waals surface area contributed by atoms with Gasteiger partial charge in [0.1, 0.15) is 0 Å². The van der Waals surface area contributed by atoms with Gasteiger partial charge < -0.3 is 10.6 Å². The van der Waals surface area contributed by atoms with E-state index in [1.165, 1.54) is 0 Å². The van der Waals surface area contributed by atoms with Crippen molar-refractivity contribution in [2.75, 3.05) is 5.32 Å². The summed E-state index contributed by atoms with van der Waals surface area (Å²) in [5.41, 5.74) is 0.963. The summed E-state index contributed by atoms with van der Waals surface area (Å²) in [6, 6.07) is 8.86. The van der Waals surface area contributed by atoms with E-state index >= 15 is 0 Å². The van der Waals surface area contributed by atoms with Crippen molar-refractivity contribution in [3.05, 3.63) is 51.2 Å². The van der Waals surface area contributed by atoms with Crippen molar-refractivity contribution in [1.82, 2.24) is 5.32 Å². The number of hydrogen-bond acceptors (Lipinski definition) is 3. The zero-order chi connectivity index (χ0) is 16.4. The van der Waals surface area contributed by atoms with Gasteiger partial charge in [0.25, 0.3) is 5.91 Å². The maximum absolute atomic E-state index is 12.3. The smallest absolute Gasteiger partial charge is 0.253 e. The average molecular weight is 349 g/mol. The highest BCUT2D eigenvalue weighted by Crippen LogP contribution is 2.38. The first-order valence-corrected chi connectivity index (χ1v) is 8.71. The lowest BCUT2D eigenvalue weighted by molar-refractivity contribution is -0.117. The summed E-state index contributed by atoms with van der Waals surface area (Å²) < 4.78 is 0. The van der Waals surface area contributed by atoms with Crippen molar-refractivity contribution in [2.45, 2.75) is 19.9 Å². The van der Waals surface area contributed by atoms with Crippen LogP contribution in [0.2, 0.25) is 5.02 Å². The number of carbonyl (C=O) groups excluding carboxylic acids is 2. The van der Waals surface area contributed by atoms with E-state index in [4.69, 9.17) is 11.6 Å². The van der Waals surface area contributed by atoms with E-state index in [-0.39, 0.29) is 17.7 Å². The largest absolute Gasteiger partial charge is 0.347 e. The topological polar surface area (TPSA) is 58.2 Å². The van der Waals surface area contributed by atoms with Crippen molar-refractivity contribution < 1.29 is 9.59 Å². The molecular weight excluding hydrogens is 332 g/mol. The molecular formula is C17H17ClN2O2S. The minimum atomic E-state index is -0.251. The molecule has 2 amide bonds. The van der Waals surface area contributed by atoms with Crippen LogP contribution in [0.1, 0.15) is 28.6 Å². The Bertz CT molecular complexity index is 730. The lowest BCUT2D eigenvalue weighted by Crippen LogP contribution is -2.23. The van der Waals surface area contributed by atoms with Crippen LogP contribution in [0.15, 0.2) is 35.7 Å². The second kappa shape index (κ2) is 6.72. The van der Waals surface area contributed by atoms with E-state index in [0.717, 1.165) is 11.3 Å². The highest BCUT2D eigenvalue weighted by atomic mass is 35.5. The summed E-state index contributed by atoms with van der Waals surface area (Å²) in [7, 11) is 0. The molecule has 0 aliphatic heterocycles. The first-order valence-electron chi connectivity index (χ1n) is 7.45. The zero-order valence-corrected chi connectivity index (χ0v) is 14.2. The molecule has 1 aliphatic carbocycles. The van der Waals surface area contributed by atoms with Crippen LogP contribution in [0, 0.1) is 11.8 Å². The third kappa shape index (κ3) is 3.92. The number of carbonyl (C=O) groups is 2. The Hall–Kier alpha value is -1.85. The van der Waals surface area contributed by atoms with Crippen LogP contribution in [0.4, 0.5) is 5.69 Å². The maximum Gasteiger partial charge on any atom is 0.253 e. The molecule has 6 heteroatoms. The first kappa shape index (κ1) is 16.0. The molecule has 23 heavy (non-hydrogen) atoms. The number of anilines is 1. The molecule has 0 bridgehead atoms. The van der Waals surface area contributed by atoms with Gasteiger partial charge in [0.2, 0.25) is 5.91 Å². The Morgan fingerprint density at radius 3 is 2.78 bits per heavy atom. The molecule has 120 valence electrons. The first-order chi connectivity index (χ1) is 11.0. The van der Waals surface area contributed by atoms with E-state index in [2.05, 4.69) is 17.6 Å². The van der Waals surface area contributed by atoms with E-state index < -0.39 is 0 Å². The van der Waals surface area contributed by atoms with Crippen molar-refractivity contribution in [3.8, 4) is 0 Å².